The van der Waals surface area contributed by atoms with Crippen molar-refractivity contribution < 1.29 is 14.3 Å². The van der Waals surface area contributed by atoms with E-state index >= 15 is 0 Å². The van der Waals surface area contributed by atoms with Crippen LogP contribution in [-0.2, 0) is 14.3 Å². The standard InChI is InChI=1S/C13H15NO3/c1-9-4-3-5-11(8-9)14-13(15)12-10(2)16-6-7-17-12/h3-5,8H,6-7H2,1-2H3,(H,14,15). The highest BCUT2D eigenvalue weighted by molar-refractivity contribution is 6.02. The molecule has 1 aromatic carbocycles. The quantitative estimate of drug-likeness (QED) is 0.852. The molecule has 1 aromatic rings. The number of allylic oxidation sites excluding steroid dienone is 1. The minimum atomic E-state index is -0.271. The number of hydrogen-bond acceptors (Lipinski definition) is 3. The molecule has 1 aliphatic rings. The zero-order chi connectivity index (χ0) is 12.3. The summed E-state index contributed by atoms with van der Waals surface area (Å²) < 4.78 is 10.6. The van der Waals surface area contributed by atoms with E-state index in [9.17, 15) is 4.79 Å². The number of anilines is 1. The van der Waals surface area contributed by atoms with Crippen LogP contribution < -0.4 is 5.32 Å². The molecule has 0 fully saturated rings. The highest BCUT2D eigenvalue weighted by Gasteiger charge is 2.19. The van der Waals surface area contributed by atoms with Gasteiger partial charge in [0.05, 0.1) is 0 Å². The fourth-order valence-electron chi connectivity index (χ4n) is 1.64. The zero-order valence-electron chi connectivity index (χ0n) is 9.95. The van der Waals surface area contributed by atoms with Crippen molar-refractivity contribution in [3.63, 3.8) is 0 Å². The lowest BCUT2D eigenvalue weighted by Crippen LogP contribution is -2.23. The maximum Gasteiger partial charge on any atom is 0.294 e. The van der Waals surface area contributed by atoms with E-state index in [-0.39, 0.29) is 11.7 Å². The van der Waals surface area contributed by atoms with Gasteiger partial charge in [0.1, 0.15) is 19.0 Å². The molecule has 4 nitrogen and oxygen atoms in total. The monoisotopic (exact) mass is 233 g/mol. The molecule has 0 saturated carbocycles. The van der Waals surface area contributed by atoms with Gasteiger partial charge in [0.25, 0.3) is 5.91 Å². The topological polar surface area (TPSA) is 47.6 Å². The molecule has 1 aliphatic heterocycles. The first-order valence-corrected chi connectivity index (χ1v) is 5.51. The molecule has 0 unspecified atom stereocenters. The minimum Gasteiger partial charge on any atom is -0.491 e. The van der Waals surface area contributed by atoms with Crippen molar-refractivity contribution >= 4 is 11.6 Å². The van der Waals surface area contributed by atoms with Gasteiger partial charge in [-0.3, -0.25) is 4.79 Å². The molecular weight excluding hydrogens is 218 g/mol. The van der Waals surface area contributed by atoms with E-state index in [1.54, 1.807) is 6.92 Å². The van der Waals surface area contributed by atoms with Crippen LogP contribution in [0.25, 0.3) is 0 Å². The van der Waals surface area contributed by atoms with Crippen molar-refractivity contribution in [1.29, 1.82) is 0 Å². The van der Waals surface area contributed by atoms with Crippen molar-refractivity contribution in [3.8, 4) is 0 Å². The molecular formula is C13H15NO3. The van der Waals surface area contributed by atoms with E-state index in [1.807, 2.05) is 31.2 Å². The van der Waals surface area contributed by atoms with Crippen LogP contribution in [0.2, 0.25) is 0 Å². The van der Waals surface area contributed by atoms with Gasteiger partial charge in [0.2, 0.25) is 5.76 Å². The van der Waals surface area contributed by atoms with Gasteiger partial charge in [0, 0.05) is 5.69 Å². The van der Waals surface area contributed by atoms with E-state index in [1.165, 1.54) is 0 Å². The number of aryl methyl sites for hydroxylation is 1. The maximum absolute atomic E-state index is 11.9. The summed E-state index contributed by atoms with van der Waals surface area (Å²) in [4.78, 5) is 11.9. The number of rotatable bonds is 2. The Bertz CT molecular complexity index is 465. The normalized spacial score (nSPS) is 14.9. The molecule has 4 heteroatoms. The van der Waals surface area contributed by atoms with E-state index in [0.717, 1.165) is 11.3 Å². The second-order valence-corrected chi connectivity index (χ2v) is 3.91. The Hall–Kier alpha value is -1.97. The summed E-state index contributed by atoms with van der Waals surface area (Å²) in [5, 5.41) is 2.78. The van der Waals surface area contributed by atoms with Gasteiger partial charge in [-0.15, -0.1) is 0 Å². The molecule has 1 heterocycles. The van der Waals surface area contributed by atoms with Gasteiger partial charge in [-0.1, -0.05) is 12.1 Å². The van der Waals surface area contributed by atoms with Gasteiger partial charge in [-0.25, -0.2) is 0 Å². The Morgan fingerprint density at radius 3 is 2.71 bits per heavy atom. The molecule has 2 rings (SSSR count). The minimum absolute atomic E-state index is 0.262. The molecule has 17 heavy (non-hydrogen) atoms. The van der Waals surface area contributed by atoms with Crippen molar-refractivity contribution in [2.75, 3.05) is 18.5 Å². The Labute approximate surface area is 100 Å². The van der Waals surface area contributed by atoms with Crippen LogP contribution in [0, 0.1) is 6.92 Å². The Morgan fingerprint density at radius 1 is 1.24 bits per heavy atom. The number of carbonyl (C=O) groups is 1. The SMILES string of the molecule is CC1=C(C(=O)Nc2cccc(C)c2)OCCO1. The fourth-order valence-corrected chi connectivity index (χ4v) is 1.64. The molecule has 1 N–H and O–H groups in total. The molecule has 0 bridgehead atoms. The summed E-state index contributed by atoms with van der Waals surface area (Å²) in [6.07, 6.45) is 0. The third-order valence-electron chi connectivity index (χ3n) is 2.45. The Balaban J connectivity index is 2.11. The molecule has 0 aromatic heterocycles. The molecule has 0 saturated heterocycles. The number of amides is 1. The van der Waals surface area contributed by atoms with Crippen LogP contribution in [0.3, 0.4) is 0 Å². The molecule has 0 aliphatic carbocycles. The second kappa shape index (κ2) is 4.91. The van der Waals surface area contributed by atoms with Crippen LogP contribution in [0.4, 0.5) is 5.69 Å². The number of carbonyl (C=O) groups excluding carboxylic acids is 1. The second-order valence-electron chi connectivity index (χ2n) is 3.91. The average Bonchev–Trinajstić information content (AvgIpc) is 2.29. The molecule has 0 radical (unpaired) electrons. The lowest BCUT2D eigenvalue weighted by atomic mass is 10.2. The summed E-state index contributed by atoms with van der Waals surface area (Å²) in [5.74, 6) is 0.520. The Kier molecular flexibility index (Phi) is 3.32. The molecule has 0 atom stereocenters. The number of benzene rings is 1. The highest BCUT2D eigenvalue weighted by atomic mass is 16.6. The van der Waals surface area contributed by atoms with E-state index in [2.05, 4.69) is 5.32 Å². The van der Waals surface area contributed by atoms with Gasteiger partial charge in [-0.05, 0) is 31.5 Å². The lowest BCUT2D eigenvalue weighted by molar-refractivity contribution is -0.117. The van der Waals surface area contributed by atoms with Crippen molar-refractivity contribution in [1.82, 2.24) is 0 Å². The molecule has 1 amide bonds. The number of ether oxygens (including phenoxy) is 2. The van der Waals surface area contributed by atoms with Crippen LogP contribution in [0.5, 0.6) is 0 Å². The van der Waals surface area contributed by atoms with Crippen molar-refractivity contribution in [3.05, 3.63) is 41.3 Å². The fraction of sp³-hybridized carbons (Fsp3) is 0.308. The first kappa shape index (κ1) is 11.5. The van der Waals surface area contributed by atoms with Gasteiger partial charge >= 0.3 is 0 Å². The van der Waals surface area contributed by atoms with Gasteiger partial charge < -0.3 is 14.8 Å². The average molecular weight is 233 g/mol. The van der Waals surface area contributed by atoms with Crippen LogP contribution >= 0.6 is 0 Å². The summed E-state index contributed by atoms with van der Waals surface area (Å²) in [6, 6.07) is 7.60. The Morgan fingerprint density at radius 2 is 2.00 bits per heavy atom. The van der Waals surface area contributed by atoms with Crippen molar-refractivity contribution in [2.24, 2.45) is 0 Å². The van der Waals surface area contributed by atoms with Crippen LogP contribution in [-0.4, -0.2) is 19.1 Å². The predicted octanol–water partition coefficient (Wildman–Crippen LogP) is 2.21. The van der Waals surface area contributed by atoms with Crippen molar-refractivity contribution in [2.45, 2.75) is 13.8 Å². The third kappa shape index (κ3) is 2.78. The van der Waals surface area contributed by atoms with Crippen LogP contribution in [0.1, 0.15) is 12.5 Å². The summed E-state index contributed by atoms with van der Waals surface area (Å²) in [6.45, 7) is 4.60. The first-order chi connectivity index (χ1) is 8.16. The third-order valence-corrected chi connectivity index (χ3v) is 2.45. The van der Waals surface area contributed by atoms with Gasteiger partial charge in [-0.2, -0.15) is 0 Å². The van der Waals surface area contributed by atoms with Gasteiger partial charge in [0.15, 0.2) is 0 Å². The summed E-state index contributed by atoms with van der Waals surface area (Å²) in [7, 11) is 0. The van der Waals surface area contributed by atoms with E-state index in [0.29, 0.717) is 19.0 Å². The summed E-state index contributed by atoms with van der Waals surface area (Å²) >= 11 is 0. The molecule has 90 valence electrons. The maximum atomic E-state index is 11.9. The lowest BCUT2D eigenvalue weighted by Gasteiger charge is -2.19. The summed E-state index contributed by atoms with van der Waals surface area (Å²) in [5.41, 5.74) is 1.85. The first-order valence-electron chi connectivity index (χ1n) is 5.51. The highest BCUT2D eigenvalue weighted by Crippen LogP contribution is 2.16. The van der Waals surface area contributed by atoms with E-state index < -0.39 is 0 Å². The molecule has 0 spiro atoms. The van der Waals surface area contributed by atoms with E-state index in [4.69, 9.17) is 9.47 Å². The smallest absolute Gasteiger partial charge is 0.294 e. The number of nitrogens with one attached hydrogen (secondary N) is 1. The van der Waals surface area contributed by atoms with Crippen LogP contribution in [0.15, 0.2) is 35.8 Å². The number of hydrogen-bond donors (Lipinski definition) is 1. The predicted molar refractivity (Wildman–Crippen MR) is 64.4 cm³/mol. The zero-order valence-corrected chi connectivity index (χ0v) is 9.95. The largest absolute Gasteiger partial charge is 0.491 e.